The van der Waals surface area contributed by atoms with Crippen LogP contribution in [0, 0.1) is 18.8 Å². The number of para-hydroxylation sites is 2. The van der Waals surface area contributed by atoms with Crippen molar-refractivity contribution in [2.75, 3.05) is 9.80 Å². The molecule has 0 radical (unpaired) electrons. The monoisotopic (exact) mass is 906 g/mol. The molecule has 8 heteroatoms. The minimum absolute atomic E-state index is 0. The summed E-state index contributed by atoms with van der Waals surface area (Å²) in [5, 5.41) is 3.73. The smallest absolute Gasteiger partial charge is 0.135 e. The molecule has 5 nitrogen and oxygen atoms in total. The average molecular weight is 907 g/mol. The molecule has 268 valence electrons. The van der Waals surface area contributed by atoms with E-state index in [0.29, 0.717) is 11.5 Å². The maximum Gasteiger partial charge on any atom is 0.135 e. The molecule has 5 aromatic carbocycles. The molecule has 0 unspecified atom stereocenters. The van der Waals surface area contributed by atoms with Crippen LogP contribution < -0.4 is 19.7 Å². The van der Waals surface area contributed by atoms with Crippen LogP contribution in [0.5, 0.6) is 11.5 Å². The Bertz CT molecular complexity index is 2650. The Morgan fingerprint density at radius 3 is 2.26 bits per heavy atom. The fourth-order valence-corrected chi connectivity index (χ4v) is 9.40. The number of anilines is 4. The minimum Gasteiger partial charge on any atom is -0.509 e. The fourth-order valence-electron chi connectivity index (χ4n) is 7.05. The molecule has 0 N–H and O–H groups in total. The molecule has 3 aromatic heterocycles. The fraction of sp³-hybridized carbons (Fsp3) is 0.156. The van der Waals surface area contributed by atoms with E-state index >= 15 is 0 Å². The summed E-state index contributed by atoms with van der Waals surface area (Å²) in [6.07, 6.45) is 1.95. The Balaban J connectivity index is 0.00000400. The number of hydrogen-bond donors (Lipinski definition) is 0. The maximum absolute atomic E-state index is 6.58. The van der Waals surface area contributed by atoms with Crippen molar-refractivity contribution in [1.29, 1.82) is 0 Å². The third-order valence-corrected chi connectivity index (χ3v) is 13.1. The molecule has 1 aliphatic rings. The molecule has 0 bridgehead atoms. The predicted octanol–water partition coefficient (Wildman–Crippen LogP) is 12.0. The maximum atomic E-state index is 6.58. The minimum atomic E-state index is -1.58. The van der Waals surface area contributed by atoms with Gasteiger partial charge in [-0.3, -0.25) is 0 Å². The summed E-state index contributed by atoms with van der Waals surface area (Å²) >= 11 is 1.82. The van der Waals surface area contributed by atoms with Gasteiger partial charge in [-0.25, -0.2) is 4.98 Å². The van der Waals surface area contributed by atoms with Crippen molar-refractivity contribution >= 4 is 78.6 Å². The van der Waals surface area contributed by atoms with Gasteiger partial charge in [-0.1, -0.05) is 99.0 Å². The summed E-state index contributed by atoms with van der Waals surface area (Å²) < 4.78 is 11.3. The van der Waals surface area contributed by atoms with Crippen LogP contribution in [0.2, 0.25) is 19.6 Å². The van der Waals surface area contributed by atoms with E-state index in [-0.39, 0.29) is 26.5 Å². The zero-order chi connectivity index (χ0) is 35.8. The Kier molecular flexibility index (Phi) is 8.88. The van der Waals surface area contributed by atoms with Crippen molar-refractivity contribution in [2.24, 2.45) is 0 Å². The second kappa shape index (κ2) is 13.3. The van der Waals surface area contributed by atoms with Gasteiger partial charge in [-0.2, -0.15) is 12.1 Å². The quantitative estimate of drug-likeness (QED) is 0.123. The van der Waals surface area contributed by atoms with Crippen molar-refractivity contribution < 1.29 is 25.8 Å². The van der Waals surface area contributed by atoms with Gasteiger partial charge in [0.1, 0.15) is 5.82 Å². The van der Waals surface area contributed by atoms with Gasteiger partial charge in [0.05, 0.1) is 13.6 Å². The third-order valence-electron chi connectivity index (χ3n) is 9.85. The average Bonchev–Trinajstić information content (AvgIpc) is 3.80. The van der Waals surface area contributed by atoms with E-state index in [1.165, 1.54) is 31.1 Å². The standard InChI is InChI=1S/C45H39N4OSSi.Pt/c1-45(2,3)30-13-11-14-31(25-30)47-29-48(39-19-9-8-18-38(39)47)32-15-12-16-33(26-32)50-34-21-22-36-40(27-34)49(42-28-35(23-24-46-42)52(4,5)6)43-37-17-7-10-20-41(37)51-44(36)43;/h7-25,28-29H,1-6H3;/q-3;. The van der Waals surface area contributed by atoms with Gasteiger partial charge in [0, 0.05) is 70.6 Å². The van der Waals surface area contributed by atoms with E-state index < -0.39 is 8.07 Å². The summed E-state index contributed by atoms with van der Waals surface area (Å²) in [5.74, 6) is 2.16. The molecule has 0 fully saturated rings. The molecule has 0 saturated carbocycles. The van der Waals surface area contributed by atoms with Crippen LogP contribution in [0.25, 0.3) is 37.0 Å². The molecule has 53 heavy (non-hydrogen) atoms. The van der Waals surface area contributed by atoms with Crippen molar-refractivity contribution in [3.8, 4) is 17.3 Å². The van der Waals surface area contributed by atoms with E-state index in [0.717, 1.165) is 39.5 Å². The normalized spacial score (nSPS) is 13.2. The van der Waals surface area contributed by atoms with E-state index in [9.17, 15) is 0 Å². The molecule has 9 rings (SSSR count). The molecule has 0 spiro atoms. The number of pyridine rings is 1. The van der Waals surface area contributed by atoms with Crippen LogP contribution in [0.15, 0.2) is 121 Å². The van der Waals surface area contributed by atoms with E-state index in [4.69, 9.17) is 9.72 Å². The van der Waals surface area contributed by atoms with Crippen LogP contribution in [-0.4, -0.2) is 17.6 Å². The first-order valence-corrected chi connectivity index (χ1v) is 22.0. The third kappa shape index (κ3) is 6.29. The first-order valence-electron chi connectivity index (χ1n) is 17.7. The summed E-state index contributed by atoms with van der Waals surface area (Å²) in [6, 6.07) is 47.8. The summed E-state index contributed by atoms with van der Waals surface area (Å²) in [4.78, 5) is 9.36. The van der Waals surface area contributed by atoms with Gasteiger partial charge < -0.3 is 19.1 Å². The Hall–Kier alpha value is -4.68. The second-order valence-electron chi connectivity index (χ2n) is 15.5. The first-order chi connectivity index (χ1) is 25.0. The van der Waals surface area contributed by atoms with Gasteiger partial charge in [-0.15, -0.1) is 54.0 Å². The molecule has 4 heterocycles. The number of rotatable bonds is 6. The predicted molar refractivity (Wildman–Crippen MR) is 221 cm³/mol. The molecule has 1 aliphatic heterocycles. The van der Waals surface area contributed by atoms with Gasteiger partial charge in [0.25, 0.3) is 0 Å². The number of nitrogens with zero attached hydrogens (tertiary/aromatic N) is 4. The van der Waals surface area contributed by atoms with E-state index in [2.05, 4.69) is 171 Å². The summed E-state index contributed by atoms with van der Waals surface area (Å²) in [7, 11) is -1.58. The molecule has 0 saturated heterocycles. The molecule has 0 atom stereocenters. The Morgan fingerprint density at radius 2 is 1.47 bits per heavy atom. The van der Waals surface area contributed by atoms with Crippen LogP contribution in [-0.2, 0) is 26.5 Å². The van der Waals surface area contributed by atoms with Crippen molar-refractivity contribution in [3.05, 3.63) is 146 Å². The van der Waals surface area contributed by atoms with Gasteiger partial charge in [0.15, 0.2) is 0 Å². The number of ether oxygens (including phenoxy) is 1. The Morgan fingerprint density at radius 1 is 0.736 bits per heavy atom. The van der Waals surface area contributed by atoms with Crippen molar-refractivity contribution in [2.45, 2.75) is 45.8 Å². The van der Waals surface area contributed by atoms with E-state index in [1.807, 2.05) is 35.7 Å². The second-order valence-corrected chi connectivity index (χ2v) is 21.6. The number of hydrogen-bond acceptors (Lipinski definition) is 5. The van der Waals surface area contributed by atoms with Crippen LogP contribution in [0.3, 0.4) is 0 Å². The van der Waals surface area contributed by atoms with Gasteiger partial charge in [-0.05, 0) is 53.4 Å². The zero-order valence-corrected chi connectivity index (χ0v) is 34.6. The van der Waals surface area contributed by atoms with Crippen LogP contribution >= 0.6 is 11.3 Å². The number of thiophene rings is 1. The Labute approximate surface area is 330 Å². The van der Waals surface area contributed by atoms with Gasteiger partial charge >= 0.3 is 0 Å². The number of fused-ring (bicyclic) bond motifs is 6. The topological polar surface area (TPSA) is 33.5 Å². The van der Waals surface area contributed by atoms with Gasteiger partial charge in [0.2, 0.25) is 0 Å². The molecule has 0 aliphatic carbocycles. The zero-order valence-electron chi connectivity index (χ0n) is 30.5. The van der Waals surface area contributed by atoms with Crippen molar-refractivity contribution in [1.82, 2.24) is 9.55 Å². The SMILES string of the molecule is CC(C)(C)c1cccc(N2[CH-]N(c3[c-]c(Oc4[c-]c5c(cc4)c4sc6ccccc6c4n5-c4cc([Si](C)(C)C)ccn4)ccc3)c3ccccc32)c1.[Pt]. The molecule has 0 amide bonds. The van der Waals surface area contributed by atoms with Crippen molar-refractivity contribution in [3.63, 3.8) is 0 Å². The summed E-state index contributed by atoms with van der Waals surface area (Å²) in [6.45, 7) is 16.0. The molecular formula is C45H39N4OPtSSi-3. The number of benzene rings is 5. The van der Waals surface area contributed by atoms with Crippen LogP contribution in [0.4, 0.5) is 22.7 Å². The largest absolute Gasteiger partial charge is 0.509 e. The molecule has 8 aromatic rings. The number of aromatic nitrogens is 2. The summed E-state index contributed by atoms with van der Waals surface area (Å²) in [5.41, 5.74) is 7.68. The van der Waals surface area contributed by atoms with E-state index in [1.54, 1.807) is 0 Å². The van der Waals surface area contributed by atoms with Crippen LogP contribution in [0.1, 0.15) is 26.3 Å². The molecular weight excluding hydrogens is 868 g/mol. The first kappa shape index (κ1) is 35.4.